The standard InChI is InChI=1S/C15H13BrO4/c1-8-6-13(20-9(2)17)12-7-10(16)4-5-11(12)14(8)15(18)19-3/h4-7H,1-3H3. The fourth-order valence-corrected chi connectivity index (χ4v) is 2.47. The van der Waals surface area contributed by atoms with Crippen molar-refractivity contribution in [3.8, 4) is 5.75 Å². The van der Waals surface area contributed by atoms with E-state index in [0.717, 1.165) is 4.47 Å². The molecular weight excluding hydrogens is 324 g/mol. The average Bonchev–Trinajstić information content (AvgIpc) is 2.38. The van der Waals surface area contributed by atoms with Gasteiger partial charge >= 0.3 is 11.9 Å². The molecule has 104 valence electrons. The zero-order valence-corrected chi connectivity index (χ0v) is 12.9. The first-order chi connectivity index (χ1) is 9.43. The van der Waals surface area contributed by atoms with Gasteiger partial charge in [-0.25, -0.2) is 4.79 Å². The fourth-order valence-electron chi connectivity index (χ4n) is 2.11. The van der Waals surface area contributed by atoms with Crippen molar-refractivity contribution in [2.75, 3.05) is 7.11 Å². The van der Waals surface area contributed by atoms with E-state index in [0.29, 0.717) is 27.6 Å². The molecule has 2 rings (SSSR count). The van der Waals surface area contributed by atoms with Crippen LogP contribution in [0.4, 0.5) is 0 Å². The average molecular weight is 337 g/mol. The fraction of sp³-hybridized carbons (Fsp3) is 0.200. The molecule has 0 aliphatic heterocycles. The van der Waals surface area contributed by atoms with E-state index in [4.69, 9.17) is 9.47 Å². The Morgan fingerprint density at radius 1 is 1.15 bits per heavy atom. The van der Waals surface area contributed by atoms with Crippen molar-refractivity contribution in [3.63, 3.8) is 0 Å². The number of rotatable bonds is 2. The first-order valence-corrected chi connectivity index (χ1v) is 6.73. The van der Waals surface area contributed by atoms with E-state index in [2.05, 4.69) is 15.9 Å². The van der Waals surface area contributed by atoms with Crippen molar-refractivity contribution in [3.05, 3.63) is 39.9 Å². The second-order valence-electron chi connectivity index (χ2n) is 4.34. The number of hydrogen-bond donors (Lipinski definition) is 0. The molecule has 0 unspecified atom stereocenters. The molecule has 0 aromatic heterocycles. The van der Waals surface area contributed by atoms with E-state index in [-0.39, 0.29) is 0 Å². The van der Waals surface area contributed by atoms with Crippen LogP contribution in [0.15, 0.2) is 28.7 Å². The molecule has 2 aromatic rings. The summed E-state index contributed by atoms with van der Waals surface area (Å²) in [6.07, 6.45) is 0. The van der Waals surface area contributed by atoms with Gasteiger partial charge in [-0.15, -0.1) is 0 Å². The molecule has 0 saturated carbocycles. The number of esters is 2. The van der Waals surface area contributed by atoms with Crippen molar-refractivity contribution in [1.29, 1.82) is 0 Å². The number of carbonyl (C=O) groups is 2. The molecular formula is C15H13BrO4. The molecule has 2 aromatic carbocycles. The van der Waals surface area contributed by atoms with Crippen LogP contribution >= 0.6 is 15.9 Å². The molecule has 4 nitrogen and oxygen atoms in total. The minimum Gasteiger partial charge on any atom is -0.465 e. The van der Waals surface area contributed by atoms with Crippen LogP contribution in [0.2, 0.25) is 0 Å². The molecule has 0 saturated heterocycles. The van der Waals surface area contributed by atoms with Crippen LogP contribution in [0.1, 0.15) is 22.8 Å². The molecule has 0 aliphatic carbocycles. The van der Waals surface area contributed by atoms with Crippen LogP contribution in [-0.4, -0.2) is 19.0 Å². The van der Waals surface area contributed by atoms with E-state index in [1.165, 1.54) is 14.0 Å². The summed E-state index contributed by atoms with van der Waals surface area (Å²) in [4.78, 5) is 23.1. The van der Waals surface area contributed by atoms with Gasteiger partial charge in [-0.05, 0) is 30.7 Å². The Kier molecular flexibility index (Phi) is 4.09. The minimum atomic E-state index is -0.413. The molecule has 0 aliphatic rings. The Labute approximate surface area is 124 Å². The predicted octanol–water partition coefficient (Wildman–Crippen LogP) is 3.62. The maximum atomic E-state index is 11.9. The highest BCUT2D eigenvalue weighted by Crippen LogP contribution is 2.34. The van der Waals surface area contributed by atoms with Gasteiger partial charge in [0.05, 0.1) is 12.7 Å². The molecule has 0 N–H and O–H groups in total. The Balaban J connectivity index is 2.81. The highest BCUT2D eigenvalue weighted by Gasteiger charge is 2.18. The number of benzene rings is 2. The molecule has 0 fully saturated rings. The summed E-state index contributed by atoms with van der Waals surface area (Å²) < 4.78 is 10.9. The van der Waals surface area contributed by atoms with E-state index in [1.807, 2.05) is 6.07 Å². The number of ether oxygens (including phenoxy) is 2. The summed E-state index contributed by atoms with van der Waals surface area (Å²) in [5.74, 6) is -0.389. The van der Waals surface area contributed by atoms with Crippen molar-refractivity contribution in [2.24, 2.45) is 0 Å². The minimum absolute atomic E-state index is 0.406. The normalized spacial score (nSPS) is 10.4. The third-order valence-electron chi connectivity index (χ3n) is 2.90. The molecule has 5 heteroatoms. The number of aryl methyl sites for hydroxylation is 1. The molecule has 0 spiro atoms. The van der Waals surface area contributed by atoms with Gasteiger partial charge in [-0.3, -0.25) is 4.79 Å². The largest absolute Gasteiger partial charge is 0.465 e. The van der Waals surface area contributed by atoms with Gasteiger partial charge in [0.15, 0.2) is 0 Å². The van der Waals surface area contributed by atoms with Gasteiger partial charge in [0.2, 0.25) is 0 Å². The van der Waals surface area contributed by atoms with Crippen molar-refractivity contribution < 1.29 is 19.1 Å². The monoisotopic (exact) mass is 336 g/mol. The summed E-state index contributed by atoms with van der Waals surface area (Å²) in [6.45, 7) is 3.12. The maximum Gasteiger partial charge on any atom is 0.338 e. The Morgan fingerprint density at radius 2 is 1.85 bits per heavy atom. The van der Waals surface area contributed by atoms with Crippen LogP contribution < -0.4 is 4.74 Å². The van der Waals surface area contributed by atoms with Gasteiger partial charge in [-0.1, -0.05) is 22.0 Å². The second kappa shape index (κ2) is 5.63. The summed E-state index contributed by atoms with van der Waals surface area (Å²) in [6, 6.07) is 7.10. The summed E-state index contributed by atoms with van der Waals surface area (Å²) in [7, 11) is 1.34. The number of carbonyl (C=O) groups excluding carboxylic acids is 2. The summed E-state index contributed by atoms with van der Waals surface area (Å²) in [5, 5.41) is 1.37. The second-order valence-corrected chi connectivity index (χ2v) is 5.26. The van der Waals surface area contributed by atoms with E-state index < -0.39 is 11.9 Å². The molecule has 0 heterocycles. The molecule has 0 bridgehead atoms. The number of methoxy groups -OCH3 is 1. The van der Waals surface area contributed by atoms with E-state index in [1.54, 1.807) is 25.1 Å². The zero-order chi connectivity index (χ0) is 14.9. The van der Waals surface area contributed by atoms with Gasteiger partial charge in [-0.2, -0.15) is 0 Å². The van der Waals surface area contributed by atoms with Crippen LogP contribution in [0.25, 0.3) is 10.8 Å². The van der Waals surface area contributed by atoms with Gasteiger partial charge in [0.25, 0.3) is 0 Å². The zero-order valence-electron chi connectivity index (χ0n) is 11.3. The Bertz CT molecular complexity index is 707. The lowest BCUT2D eigenvalue weighted by Crippen LogP contribution is -2.07. The first-order valence-electron chi connectivity index (χ1n) is 5.93. The molecule has 0 radical (unpaired) electrons. The Hall–Kier alpha value is -1.88. The van der Waals surface area contributed by atoms with Gasteiger partial charge in [0.1, 0.15) is 5.75 Å². The Morgan fingerprint density at radius 3 is 2.45 bits per heavy atom. The number of hydrogen-bond acceptors (Lipinski definition) is 4. The first kappa shape index (κ1) is 14.5. The smallest absolute Gasteiger partial charge is 0.338 e. The van der Waals surface area contributed by atoms with E-state index in [9.17, 15) is 9.59 Å². The lowest BCUT2D eigenvalue weighted by molar-refractivity contribution is -0.131. The quantitative estimate of drug-likeness (QED) is 0.620. The van der Waals surface area contributed by atoms with Crippen LogP contribution in [0.5, 0.6) is 5.75 Å². The third-order valence-corrected chi connectivity index (χ3v) is 3.39. The number of halogens is 1. The lowest BCUT2D eigenvalue weighted by Gasteiger charge is -2.13. The highest BCUT2D eigenvalue weighted by atomic mass is 79.9. The van der Waals surface area contributed by atoms with Gasteiger partial charge < -0.3 is 9.47 Å². The molecule has 0 amide bonds. The summed E-state index contributed by atoms with van der Waals surface area (Å²) in [5.41, 5.74) is 1.17. The topological polar surface area (TPSA) is 52.6 Å². The highest BCUT2D eigenvalue weighted by molar-refractivity contribution is 9.10. The van der Waals surface area contributed by atoms with E-state index >= 15 is 0 Å². The van der Waals surface area contributed by atoms with Crippen molar-refractivity contribution >= 4 is 38.6 Å². The maximum absolute atomic E-state index is 11.9. The molecule has 0 atom stereocenters. The predicted molar refractivity (Wildman–Crippen MR) is 79.0 cm³/mol. The number of fused-ring (bicyclic) bond motifs is 1. The SMILES string of the molecule is COC(=O)c1c(C)cc(OC(C)=O)c2cc(Br)ccc12. The van der Waals surface area contributed by atoms with Gasteiger partial charge in [0, 0.05) is 22.2 Å². The summed E-state index contributed by atoms with van der Waals surface area (Å²) >= 11 is 3.37. The van der Waals surface area contributed by atoms with Crippen LogP contribution in [0.3, 0.4) is 0 Å². The van der Waals surface area contributed by atoms with Crippen LogP contribution in [-0.2, 0) is 9.53 Å². The lowest BCUT2D eigenvalue weighted by atomic mass is 9.99. The van der Waals surface area contributed by atoms with Crippen molar-refractivity contribution in [1.82, 2.24) is 0 Å². The molecule has 20 heavy (non-hydrogen) atoms. The third kappa shape index (κ3) is 2.67. The van der Waals surface area contributed by atoms with Crippen molar-refractivity contribution in [2.45, 2.75) is 13.8 Å². The van der Waals surface area contributed by atoms with Crippen LogP contribution in [0, 0.1) is 6.92 Å².